The molecule has 1 unspecified atom stereocenters. The molecule has 2 aliphatic carbocycles. The summed E-state index contributed by atoms with van der Waals surface area (Å²) < 4.78 is 11.7. The van der Waals surface area contributed by atoms with Gasteiger partial charge in [-0.15, -0.1) is 0 Å². The van der Waals surface area contributed by atoms with Crippen LogP contribution in [0.4, 0.5) is 0 Å². The van der Waals surface area contributed by atoms with Crippen molar-refractivity contribution in [2.75, 3.05) is 20.7 Å². The Labute approximate surface area is 136 Å². The molecular formula is C18H23NO4. The predicted octanol–water partition coefficient (Wildman–Crippen LogP) is 1.74. The fourth-order valence-electron chi connectivity index (χ4n) is 6.02. The second-order valence-electron chi connectivity index (χ2n) is 7.88. The third-order valence-electron chi connectivity index (χ3n) is 6.99. The molecule has 0 aromatic heterocycles. The molecule has 1 aromatic carbocycles. The number of ether oxygens (including phenoxy) is 2. The highest BCUT2D eigenvalue weighted by Gasteiger charge is 2.67. The van der Waals surface area contributed by atoms with Crippen LogP contribution in [-0.4, -0.2) is 48.7 Å². The molecule has 5 heteroatoms. The Morgan fingerprint density at radius 1 is 1.39 bits per heavy atom. The number of aliphatic hydroxyl groups excluding tert-OH is 1. The van der Waals surface area contributed by atoms with Crippen LogP contribution in [0.25, 0.3) is 0 Å². The van der Waals surface area contributed by atoms with E-state index in [1.54, 1.807) is 7.11 Å². The van der Waals surface area contributed by atoms with Crippen molar-refractivity contribution in [1.29, 1.82) is 0 Å². The van der Waals surface area contributed by atoms with Gasteiger partial charge in [-0.05, 0) is 24.5 Å². The minimum atomic E-state index is -0.460. The van der Waals surface area contributed by atoms with Crippen LogP contribution in [0.1, 0.15) is 30.4 Å². The van der Waals surface area contributed by atoms with Crippen LogP contribution >= 0.6 is 0 Å². The number of likely N-dealkylation sites (N-methyl/N-ethyl adjacent to an activating group) is 1. The van der Waals surface area contributed by atoms with Gasteiger partial charge in [0.25, 0.3) is 0 Å². The molecule has 1 N–H and O–H groups in total. The van der Waals surface area contributed by atoms with Gasteiger partial charge in [-0.3, -0.25) is 0 Å². The number of nitrogens with zero attached hydrogens (tertiary/aromatic N) is 1. The highest BCUT2D eigenvalue weighted by atomic mass is 16.5. The van der Waals surface area contributed by atoms with Crippen molar-refractivity contribution in [1.82, 2.24) is 0 Å². The highest BCUT2D eigenvalue weighted by molar-refractivity contribution is 5.60. The molecule has 2 fully saturated rings. The molecule has 2 bridgehead atoms. The van der Waals surface area contributed by atoms with Gasteiger partial charge < -0.3 is 24.4 Å². The summed E-state index contributed by atoms with van der Waals surface area (Å²) in [6.45, 7) is 0.601. The lowest BCUT2D eigenvalue weighted by atomic mass is 9.51. The van der Waals surface area contributed by atoms with Gasteiger partial charge in [0.1, 0.15) is 6.10 Å². The minimum absolute atomic E-state index is 0.0780. The van der Waals surface area contributed by atoms with Gasteiger partial charge >= 0.3 is 0 Å². The normalized spacial score (nSPS) is 46.1. The minimum Gasteiger partial charge on any atom is -0.633 e. The Hall–Kier alpha value is -1.30. The van der Waals surface area contributed by atoms with E-state index in [2.05, 4.69) is 6.07 Å². The number of quaternary nitrogens is 1. The molecule has 4 aliphatic rings. The van der Waals surface area contributed by atoms with Gasteiger partial charge in [0.15, 0.2) is 11.5 Å². The average molecular weight is 317 g/mol. The quantitative estimate of drug-likeness (QED) is 0.633. The lowest BCUT2D eigenvalue weighted by Crippen LogP contribution is -2.70. The van der Waals surface area contributed by atoms with E-state index in [1.807, 2.05) is 13.1 Å². The third kappa shape index (κ3) is 1.49. The van der Waals surface area contributed by atoms with E-state index in [0.717, 1.165) is 37.2 Å². The van der Waals surface area contributed by atoms with E-state index >= 15 is 0 Å². The molecule has 23 heavy (non-hydrogen) atoms. The van der Waals surface area contributed by atoms with Crippen LogP contribution in [-0.2, 0) is 11.8 Å². The van der Waals surface area contributed by atoms with Gasteiger partial charge in [0.05, 0.1) is 38.3 Å². The molecule has 1 aromatic rings. The molecule has 5 nitrogen and oxygen atoms in total. The highest BCUT2D eigenvalue weighted by Crippen LogP contribution is 2.64. The largest absolute Gasteiger partial charge is 0.633 e. The SMILES string of the molecule is COc1ccc2c3c1O[C@H]1[C@@H](O)CC[C@H]4[C@@H](C2)[N+](C)([O-])CC[C@@]341. The summed E-state index contributed by atoms with van der Waals surface area (Å²) in [5.41, 5.74) is 2.27. The summed E-state index contributed by atoms with van der Waals surface area (Å²) in [5.74, 6) is 1.87. The number of likely N-dealkylation sites (tertiary alicyclic amines) is 1. The van der Waals surface area contributed by atoms with Crippen LogP contribution in [0.5, 0.6) is 11.5 Å². The van der Waals surface area contributed by atoms with Gasteiger partial charge in [0, 0.05) is 24.3 Å². The number of hydroxylamine groups is 3. The molecule has 124 valence electrons. The third-order valence-corrected chi connectivity index (χ3v) is 6.99. The second kappa shape index (κ2) is 4.21. The van der Waals surface area contributed by atoms with Crippen LogP contribution in [0, 0.1) is 11.1 Å². The zero-order valence-electron chi connectivity index (χ0n) is 13.6. The van der Waals surface area contributed by atoms with E-state index in [1.165, 1.54) is 11.1 Å². The standard InChI is InChI=1S/C18H23NO4/c1-19(21)8-7-18-11-4-5-13(20)17(18)23-16-14(22-2)6-3-10(15(16)18)9-12(11)19/h3,6,11-13,17,20H,4-5,7-9H2,1-2H3/t11-,12+,13-,17-,18-,19?/m0/s1. The number of hydrogen-bond acceptors (Lipinski definition) is 4. The predicted molar refractivity (Wildman–Crippen MR) is 84.3 cm³/mol. The first-order chi connectivity index (χ1) is 11.0. The molecule has 0 radical (unpaired) electrons. The van der Waals surface area contributed by atoms with E-state index < -0.39 is 6.10 Å². The van der Waals surface area contributed by atoms with Crippen LogP contribution in [0.2, 0.25) is 0 Å². The van der Waals surface area contributed by atoms with Crippen LogP contribution < -0.4 is 9.47 Å². The molecule has 5 rings (SSSR count). The Bertz CT molecular complexity index is 688. The lowest BCUT2D eigenvalue weighted by Gasteiger charge is -2.63. The monoisotopic (exact) mass is 317 g/mol. The van der Waals surface area contributed by atoms with Crippen molar-refractivity contribution >= 4 is 0 Å². The fraction of sp³-hybridized carbons (Fsp3) is 0.667. The number of aliphatic hydroxyl groups is 1. The number of benzene rings is 1. The first-order valence-corrected chi connectivity index (χ1v) is 8.60. The topological polar surface area (TPSA) is 61.8 Å². The van der Waals surface area contributed by atoms with Gasteiger partial charge in [0.2, 0.25) is 0 Å². The smallest absolute Gasteiger partial charge is 0.165 e. The van der Waals surface area contributed by atoms with E-state index in [-0.39, 0.29) is 22.2 Å². The van der Waals surface area contributed by atoms with Crippen molar-refractivity contribution in [2.45, 2.75) is 49.3 Å². The van der Waals surface area contributed by atoms with Crippen LogP contribution in [0.15, 0.2) is 12.1 Å². The van der Waals surface area contributed by atoms with Crippen molar-refractivity contribution in [3.8, 4) is 11.5 Å². The number of hydrogen-bond donors (Lipinski definition) is 1. The maximum atomic E-state index is 13.1. The molecule has 1 spiro atoms. The van der Waals surface area contributed by atoms with E-state index in [0.29, 0.717) is 12.5 Å². The molecule has 0 amide bonds. The van der Waals surface area contributed by atoms with Crippen molar-refractivity contribution < 1.29 is 19.2 Å². The van der Waals surface area contributed by atoms with Gasteiger partial charge in [-0.2, -0.15) is 0 Å². The maximum Gasteiger partial charge on any atom is 0.165 e. The van der Waals surface area contributed by atoms with Crippen molar-refractivity contribution in [3.05, 3.63) is 28.5 Å². The summed E-state index contributed by atoms with van der Waals surface area (Å²) in [7, 11) is 3.48. The first kappa shape index (κ1) is 14.1. The Morgan fingerprint density at radius 3 is 3.00 bits per heavy atom. The molecule has 2 heterocycles. The summed E-state index contributed by atoms with van der Waals surface area (Å²) in [6, 6.07) is 4.12. The molecule has 1 saturated heterocycles. The maximum absolute atomic E-state index is 13.1. The number of rotatable bonds is 1. The summed E-state index contributed by atoms with van der Waals surface area (Å²) >= 11 is 0. The van der Waals surface area contributed by atoms with Crippen LogP contribution in [0.3, 0.4) is 0 Å². The zero-order chi connectivity index (χ0) is 16.0. The van der Waals surface area contributed by atoms with E-state index in [4.69, 9.17) is 9.47 Å². The molecule has 1 saturated carbocycles. The van der Waals surface area contributed by atoms with Gasteiger partial charge in [-0.25, -0.2) is 0 Å². The number of piperidine rings is 1. The summed E-state index contributed by atoms with van der Waals surface area (Å²) in [5, 5.41) is 23.7. The molecule has 6 atom stereocenters. The Balaban J connectivity index is 1.79. The second-order valence-corrected chi connectivity index (χ2v) is 7.88. The lowest BCUT2D eigenvalue weighted by molar-refractivity contribution is -0.899. The average Bonchev–Trinajstić information content (AvgIpc) is 2.88. The summed E-state index contributed by atoms with van der Waals surface area (Å²) in [4.78, 5) is 0. The molecular weight excluding hydrogens is 294 g/mol. The Kier molecular flexibility index (Phi) is 2.57. The van der Waals surface area contributed by atoms with E-state index in [9.17, 15) is 10.3 Å². The van der Waals surface area contributed by atoms with Crippen molar-refractivity contribution in [2.24, 2.45) is 5.92 Å². The zero-order valence-corrected chi connectivity index (χ0v) is 13.6. The van der Waals surface area contributed by atoms with Crippen molar-refractivity contribution in [3.63, 3.8) is 0 Å². The molecule has 2 aliphatic heterocycles. The Morgan fingerprint density at radius 2 is 2.22 bits per heavy atom. The fourth-order valence-corrected chi connectivity index (χ4v) is 6.02. The first-order valence-electron chi connectivity index (χ1n) is 8.60. The summed E-state index contributed by atoms with van der Waals surface area (Å²) in [6.07, 6.45) is 2.55. The van der Waals surface area contributed by atoms with Gasteiger partial charge in [-0.1, -0.05) is 6.07 Å². The number of methoxy groups -OCH3 is 1.